The van der Waals surface area contributed by atoms with Crippen molar-refractivity contribution in [1.82, 2.24) is 0 Å². The summed E-state index contributed by atoms with van der Waals surface area (Å²) < 4.78 is 4.51. The van der Waals surface area contributed by atoms with E-state index < -0.39 is 0 Å². The number of methoxy groups -OCH3 is 1. The number of hydrogen-bond acceptors (Lipinski definition) is 5. The summed E-state index contributed by atoms with van der Waals surface area (Å²) in [4.78, 5) is 13.2. The number of rotatable bonds is 3. The predicted molar refractivity (Wildman–Crippen MR) is 101 cm³/mol. The minimum Gasteiger partial charge on any atom is -0.465 e. The SMILES string of the molecule is COC(=O)c1ccc(CO)cc1.N#Cc1ccc(N2CCCC2)cc1Cl. The van der Waals surface area contributed by atoms with Gasteiger partial charge < -0.3 is 14.7 Å². The molecule has 2 aromatic rings. The molecule has 0 radical (unpaired) electrons. The first-order chi connectivity index (χ1) is 12.6. The van der Waals surface area contributed by atoms with Crippen molar-refractivity contribution in [3.8, 4) is 6.07 Å². The first-order valence-corrected chi connectivity index (χ1v) is 8.69. The fourth-order valence-corrected chi connectivity index (χ4v) is 2.85. The quantitative estimate of drug-likeness (QED) is 0.830. The summed E-state index contributed by atoms with van der Waals surface area (Å²) in [5.74, 6) is -0.362. The highest BCUT2D eigenvalue weighted by Crippen LogP contribution is 2.25. The van der Waals surface area contributed by atoms with Crippen LogP contribution in [0.25, 0.3) is 0 Å². The summed E-state index contributed by atoms with van der Waals surface area (Å²) in [6.45, 7) is 2.19. The average molecular weight is 373 g/mol. The number of carbonyl (C=O) groups is 1. The zero-order chi connectivity index (χ0) is 18.9. The Morgan fingerprint density at radius 2 is 1.88 bits per heavy atom. The van der Waals surface area contributed by atoms with Crippen LogP contribution in [0.3, 0.4) is 0 Å². The second-order valence-corrected chi connectivity index (χ2v) is 6.22. The maximum absolute atomic E-state index is 10.9. The molecule has 2 aromatic carbocycles. The zero-order valence-corrected chi connectivity index (χ0v) is 15.4. The number of nitrogens with zero attached hydrogens (tertiary/aromatic N) is 2. The van der Waals surface area contributed by atoms with Crippen molar-refractivity contribution < 1.29 is 14.6 Å². The van der Waals surface area contributed by atoms with Crippen LogP contribution < -0.4 is 4.90 Å². The number of benzene rings is 2. The highest BCUT2D eigenvalue weighted by Gasteiger charge is 2.13. The second-order valence-electron chi connectivity index (χ2n) is 5.82. The number of halogens is 1. The molecule has 1 fully saturated rings. The highest BCUT2D eigenvalue weighted by atomic mass is 35.5. The van der Waals surface area contributed by atoms with Gasteiger partial charge in [-0.05, 0) is 48.7 Å². The largest absolute Gasteiger partial charge is 0.465 e. The molecular weight excluding hydrogens is 352 g/mol. The standard InChI is InChI=1S/C11H11ClN2.C9H10O3/c12-11-7-10(4-3-9(11)8-13)14-5-1-2-6-14;1-12-9(11)8-4-2-7(6-10)3-5-8/h3-4,7H,1-2,5-6H2;2-5,10H,6H2,1H3. The van der Waals surface area contributed by atoms with E-state index in [1.807, 2.05) is 12.1 Å². The molecule has 3 rings (SSSR count). The topological polar surface area (TPSA) is 73.6 Å². The number of aliphatic hydroxyl groups excluding tert-OH is 1. The van der Waals surface area contributed by atoms with E-state index in [-0.39, 0.29) is 12.6 Å². The Morgan fingerprint density at radius 1 is 1.23 bits per heavy atom. The lowest BCUT2D eigenvalue weighted by atomic mass is 10.1. The third-order valence-electron chi connectivity index (χ3n) is 4.10. The molecule has 0 unspecified atom stereocenters. The Labute approximate surface area is 158 Å². The van der Waals surface area contributed by atoms with E-state index in [1.165, 1.54) is 20.0 Å². The summed E-state index contributed by atoms with van der Waals surface area (Å²) in [6, 6.07) is 14.3. The summed E-state index contributed by atoms with van der Waals surface area (Å²) in [5, 5.41) is 18.0. The van der Waals surface area contributed by atoms with Crippen LogP contribution in [0.2, 0.25) is 5.02 Å². The molecule has 136 valence electrons. The molecule has 0 amide bonds. The molecular formula is C20H21ClN2O3. The minimum absolute atomic E-state index is 0.0124. The number of carbonyl (C=O) groups excluding carboxylic acids is 1. The Balaban J connectivity index is 0.000000190. The van der Waals surface area contributed by atoms with Crippen LogP contribution in [-0.4, -0.2) is 31.3 Å². The molecule has 1 aliphatic rings. The molecule has 1 N–H and O–H groups in total. The molecule has 1 aliphatic heterocycles. The van der Waals surface area contributed by atoms with Crippen molar-refractivity contribution in [3.05, 3.63) is 64.2 Å². The van der Waals surface area contributed by atoms with E-state index in [4.69, 9.17) is 22.0 Å². The average Bonchev–Trinajstić information content (AvgIpc) is 3.22. The van der Waals surface area contributed by atoms with E-state index >= 15 is 0 Å². The molecule has 0 bridgehead atoms. The van der Waals surface area contributed by atoms with Crippen molar-refractivity contribution in [3.63, 3.8) is 0 Å². The first-order valence-electron chi connectivity index (χ1n) is 8.31. The minimum atomic E-state index is -0.362. The molecule has 0 aromatic heterocycles. The van der Waals surface area contributed by atoms with Crippen LogP contribution in [0.1, 0.15) is 34.3 Å². The van der Waals surface area contributed by atoms with Crippen molar-refractivity contribution in [2.45, 2.75) is 19.4 Å². The molecule has 5 nitrogen and oxygen atoms in total. The Morgan fingerprint density at radius 3 is 2.38 bits per heavy atom. The summed E-state index contributed by atoms with van der Waals surface area (Å²) in [7, 11) is 1.34. The summed E-state index contributed by atoms with van der Waals surface area (Å²) in [6.07, 6.45) is 2.50. The van der Waals surface area contributed by atoms with Gasteiger partial charge in [-0.2, -0.15) is 5.26 Å². The van der Waals surface area contributed by atoms with Gasteiger partial charge >= 0.3 is 5.97 Å². The van der Waals surface area contributed by atoms with Crippen LogP contribution in [0.4, 0.5) is 5.69 Å². The highest BCUT2D eigenvalue weighted by molar-refractivity contribution is 6.32. The van der Waals surface area contributed by atoms with Gasteiger partial charge in [-0.3, -0.25) is 0 Å². The first kappa shape index (κ1) is 19.8. The smallest absolute Gasteiger partial charge is 0.337 e. The molecule has 0 spiro atoms. The van der Waals surface area contributed by atoms with Crippen LogP contribution in [-0.2, 0) is 11.3 Å². The molecule has 0 saturated carbocycles. The van der Waals surface area contributed by atoms with E-state index in [0.717, 1.165) is 24.3 Å². The third kappa shape index (κ3) is 5.22. The molecule has 0 aliphatic carbocycles. The summed E-state index contributed by atoms with van der Waals surface area (Å²) >= 11 is 5.96. The van der Waals surface area contributed by atoms with Crippen molar-refractivity contribution in [2.75, 3.05) is 25.1 Å². The van der Waals surface area contributed by atoms with E-state index in [9.17, 15) is 4.79 Å². The van der Waals surface area contributed by atoms with Crippen LogP contribution in [0, 0.1) is 11.3 Å². The molecule has 1 saturated heterocycles. The Bertz CT molecular complexity index is 779. The fraction of sp³-hybridized carbons (Fsp3) is 0.300. The van der Waals surface area contributed by atoms with Gasteiger partial charge in [0.25, 0.3) is 0 Å². The number of aliphatic hydroxyl groups is 1. The summed E-state index contributed by atoms with van der Waals surface area (Å²) in [5.41, 5.74) is 2.96. The van der Waals surface area contributed by atoms with E-state index in [1.54, 1.807) is 30.3 Å². The van der Waals surface area contributed by atoms with Gasteiger partial charge in [-0.15, -0.1) is 0 Å². The van der Waals surface area contributed by atoms with Gasteiger partial charge in [0, 0.05) is 18.8 Å². The lowest BCUT2D eigenvalue weighted by Crippen LogP contribution is -2.17. The van der Waals surface area contributed by atoms with Crippen molar-refractivity contribution >= 4 is 23.3 Å². The van der Waals surface area contributed by atoms with Crippen molar-refractivity contribution in [1.29, 1.82) is 5.26 Å². The van der Waals surface area contributed by atoms with E-state index in [0.29, 0.717) is 16.1 Å². The van der Waals surface area contributed by atoms with Gasteiger partial charge in [0.1, 0.15) is 6.07 Å². The van der Waals surface area contributed by atoms with Crippen LogP contribution in [0.5, 0.6) is 0 Å². The number of ether oxygens (including phenoxy) is 1. The predicted octanol–water partition coefficient (Wildman–Crippen LogP) is 3.78. The van der Waals surface area contributed by atoms with Crippen molar-refractivity contribution in [2.24, 2.45) is 0 Å². The van der Waals surface area contributed by atoms with E-state index in [2.05, 4.69) is 15.7 Å². The third-order valence-corrected chi connectivity index (χ3v) is 4.41. The molecule has 1 heterocycles. The second kappa shape index (κ2) is 9.81. The monoisotopic (exact) mass is 372 g/mol. The Kier molecular flexibility index (Phi) is 7.46. The molecule has 26 heavy (non-hydrogen) atoms. The van der Waals surface area contributed by atoms with Gasteiger partial charge in [-0.25, -0.2) is 4.79 Å². The van der Waals surface area contributed by atoms with Gasteiger partial charge in [-0.1, -0.05) is 23.7 Å². The maximum Gasteiger partial charge on any atom is 0.337 e. The number of hydrogen-bond donors (Lipinski definition) is 1. The zero-order valence-electron chi connectivity index (χ0n) is 14.6. The number of anilines is 1. The Hall–Kier alpha value is -2.55. The van der Waals surface area contributed by atoms with Gasteiger partial charge in [0.15, 0.2) is 0 Å². The number of esters is 1. The lowest BCUT2D eigenvalue weighted by Gasteiger charge is -2.17. The fourth-order valence-electron chi connectivity index (χ4n) is 2.63. The molecule has 0 atom stereocenters. The maximum atomic E-state index is 10.9. The number of nitriles is 1. The van der Waals surface area contributed by atoms with Gasteiger partial charge in [0.05, 0.1) is 29.9 Å². The lowest BCUT2D eigenvalue weighted by molar-refractivity contribution is 0.0600. The molecule has 6 heteroatoms. The van der Waals surface area contributed by atoms with Crippen LogP contribution >= 0.6 is 11.6 Å². The van der Waals surface area contributed by atoms with Crippen LogP contribution in [0.15, 0.2) is 42.5 Å². The normalized spacial score (nSPS) is 12.8. The van der Waals surface area contributed by atoms with Gasteiger partial charge in [0.2, 0.25) is 0 Å².